The third kappa shape index (κ3) is 2.23. The zero-order valence-electron chi connectivity index (χ0n) is 11.2. The van der Waals surface area contributed by atoms with Gasteiger partial charge in [-0.15, -0.1) is 0 Å². The summed E-state index contributed by atoms with van der Waals surface area (Å²) in [4.78, 5) is 4.09. The number of aromatic nitrogens is 4. The van der Waals surface area contributed by atoms with Crippen LogP contribution in [0.1, 0.15) is 30.1 Å². The van der Waals surface area contributed by atoms with Gasteiger partial charge in [0.2, 0.25) is 6.01 Å². The van der Waals surface area contributed by atoms with E-state index in [9.17, 15) is 5.11 Å². The summed E-state index contributed by atoms with van der Waals surface area (Å²) in [5.41, 5.74) is 2.86. The van der Waals surface area contributed by atoms with Crippen molar-refractivity contribution >= 4 is 17.2 Å². The van der Waals surface area contributed by atoms with Gasteiger partial charge in [0.05, 0.1) is 6.04 Å². The largest absolute Gasteiger partial charge is 0.818 e. The molecule has 0 N–H and O–H groups in total. The Balaban J connectivity index is 1.78. The smallest absolute Gasteiger partial charge is 0.265 e. The molecular formula is C15H13ClN4O. The topological polar surface area (TPSA) is 57.1 Å². The van der Waals surface area contributed by atoms with E-state index in [-0.39, 0.29) is 6.01 Å². The van der Waals surface area contributed by atoms with Gasteiger partial charge in [0.25, 0.3) is 5.65 Å². The van der Waals surface area contributed by atoms with Crippen molar-refractivity contribution in [2.24, 2.45) is 0 Å². The monoisotopic (exact) mass is 300 g/mol. The molecule has 0 saturated heterocycles. The number of hydrogen-bond donors (Lipinski definition) is 0. The van der Waals surface area contributed by atoms with E-state index in [4.69, 9.17) is 11.6 Å². The highest BCUT2D eigenvalue weighted by atomic mass is 35.5. The molecule has 0 atom stereocenters. The summed E-state index contributed by atoms with van der Waals surface area (Å²) in [5.74, 6) is 0. The SMILES string of the molecule is [O-]c1nn2c(Cc3ccc(Cl)nc3)cccc2[n+]1C1CC1. The van der Waals surface area contributed by atoms with Gasteiger partial charge in [0.1, 0.15) is 10.8 Å². The first-order valence-electron chi connectivity index (χ1n) is 6.92. The number of hydrogen-bond acceptors (Lipinski definition) is 3. The van der Waals surface area contributed by atoms with Crippen LogP contribution in [0.5, 0.6) is 6.01 Å². The molecule has 0 bridgehead atoms. The quantitative estimate of drug-likeness (QED) is 0.546. The lowest BCUT2D eigenvalue weighted by Crippen LogP contribution is -2.34. The fraction of sp³-hybridized carbons (Fsp3) is 0.267. The summed E-state index contributed by atoms with van der Waals surface area (Å²) in [6.45, 7) is 0. The lowest BCUT2D eigenvalue weighted by Gasteiger charge is -2.01. The highest BCUT2D eigenvalue weighted by Gasteiger charge is 2.32. The summed E-state index contributed by atoms with van der Waals surface area (Å²) in [5, 5.41) is 16.7. The fourth-order valence-corrected chi connectivity index (χ4v) is 2.70. The van der Waals surface area contributed by atoms with E-state index in [1.165, 1.54) is 0 Å². The minimum absolute atomic E-state index is 0.167. The molecule has 0 aliphatic heterocycles. The molecule has 1 saturated carbocycles. The molecule has 3 aromatic rings. The normalized spacial score (nSPS) is 14.7. The molecule has 1 fully saturated rings. The van der Waals surface area contributed by atoms with Crippen molar-refractivity contribution in [3.05, 3.63) is 52.9 Å². The molecule has 3 aromatic heterocycles. The van der Waals surface area contributed by atoms with Gasteiger partial charge in [-0.3, -0.25) is 0 Å². The van der Waals surface area contributed by atoms with Crippen molar-refractivity contribution in [1.82, 2.24) is 14.6 Å². The highest BCUT2D eigenvalue weighted by molar-refractivity contribution is 6.29. The Hall–Kier alpha value is -2.14. The molecule has 4 rings (SSSR count). The van der Waals surface area contributed by atoms with Crippen LogP contribution in [0, 0.1) is 0 Å². The van der Waals surface area contributed by atoms with Crippen molar-refractivity contribution in [1.29, 1.82) is 0 Å². The van der Waals surface area contributed by atoms with Crippen LogP contribution in [-0.4, -0.2) is 14.6 Å². The van der Waals surface area contributed by atoms with Gasteiger partial charge < -0.3 is 5.11 Å². The summed E-state index contributed by atoms with van der Waals surface area (Å²) in [6.07, 6.45) is 4.53. The van der Waals surface area contributed by atoms with Crippen molar-refractivity contribution in [3.63, 3.8) is 0 Å². The standard InChI is InChI=1S/C15H13ClN4O/c16-13-7-4-10(9-17-13)8-12-2-1-3-14-19(11-5-6-11)15(21)18-20(12)14/h1-4,7,9,11H,5-6,8H2. The van der Waals surface area contributed by atoms with Crippen LogP contribution in [0.4, 0.5) is 0 Å². The zero-order valence-corrected chi connectivity index (χ0v) is 12.0. The lowest BCUT2D eigenvalue weighted by atomic mass is 10.1. The van der Waals surface area contributed by atoms with Crippen LogP contribution in [0.3, 0.4) is 0 Å². The first-order chi connectivity index (χ1) is 10.2. The maximum Gasteiger partial charge on any atom is 0.265 e. The Morgan fingerprint density at radius 1 is 1.29 bits per heavy atom. The molecule has 106 valence electrons. The molecule has 3 heterocycles. The van der Waals surface area contributed by atoms with E-state index in [0.717, 1.165) is 29.7 Å². The van der Waals surface area contributed by atoms with Gasteiger partial charge in [-0.2, -0.15) is 0 Å². The maximum atomic E-state index is 12.1. The molecule has 0 spiro atoms. The molecular weight excluding hydrogens is 288 g/mol. The number of fused-ring (bicyclic) bond motifs is 1. The van der Waals surface area contributed by atoms with Crippen LogP contribution in [0.15, 0.2) is 36.5 Å². The second-order valence-corrected chi connectivity index (χ2v) is 5.72. The molecule has 1 aliphatic rings. The minimum Gasteiger partial charge on any atom is -0.818 e. The molecule has 0 amide bonds. The Morgan fingerprint density at radius 2 is 2.14 bits per heavy atom. The van der Waals surface area contributed by atoms with E-state index >= 15 is 0 Å². The van der Waals surface area contributed by atoms with E-state index in [1.54, 1.807) is 21.3 Å². The molecule has 0 unspecified atom stereocenters. The lowest BCUT2D eigenvalue weighted by molar-refractivity contribution is -0.717. The highest BCUT2D eigenvalue weighted by Crippen LogP contribution is 2.31. The van der Waals surface area contributed by atoms with Crippen molar-refractivity contribution in [3.8, 4) is 6.01 Å². The Morgan fingerprint density at radius 3 is 2.86 bits per heavy atom. The fourth-order valence-electron chi connectivity index (χ4n) is 2.59. The third-order valence-electron chi connectivity index (χ3n) is 3.75. The minimum atomic E-state index is -0.167. The first kappa shape index (κ1) is 12.6. The molecule has 6 heteroatoms. The van der Waals surface area contributed by atoms with Crippen LogP contribution >= 0.6 is 11.6 Å². The summed E-state index contributed by atoms with van der Waals surface area (Å²) in [7, 11) is 0. The van der Waals surface area contributed by atoms with Gasteiger partial charge in [-0.25, -0.2) is 9.55 Å². The second-order valence-electron chi connectivity index (χ2n) is 5.34. The Bertz CT molecular complexity index is 808. The van der Waals surface area contributed by atoms with Crippen molar-refractivity contribution in [2.45, 2.75) is 25.3 Å². The average molecular weight is 301 g/mol. The van der Waals surface area contributed by atoms with Crippen LogP contribution < -0.4 is 9.67 Å². The first-order valence-corrected chi connectivity index (χ1v) is 7.30. The third-order valence-corrected chi connectivity index (χ3v) is 3.97. The molecule has 0 aromatic carbocycles. The number of pyridine rings is 2. The molecule has 1 aliphatic carbocycles. The maximum absolute atomic E-state index is 12.1. The van der Waals surface area contributed by atoms with Gasteiger partial charge in [-0.1, -0.05) is 28.2 Å². The number of rotatable bonds is 3. The van der Waals surface area contributed by atoms with Crippen molar-refractivity contribution in [2.75, 3.05) is 0 Å². The van der Waals surface area contributed by atoms with Gasteiger partial charge in [0.15, 0.2) is 0 Å². The van der Waals surface area contributed by atoms with Gasteiger partial charge >= 0.3 is 0 Å². The van der Waals surface area contributed by atoms with E-state index in [1.807, 2.05) is 24.3 Å². The summed E-state index contributed by atoms with van der Waals surface area (Å²) in [6, 6.07) is 9.74. The predicted octanol–water partition coefficient (Wildman–Crippen LogP) is 1.67. The van der Waals surface area contributed by atoms with E-state index < -0.39 is 0 Å². The number of halogens is 1. The summed E-state index contributed by atoms with van der Waals surface area (Å²) >= 11 is 5.80. The molecule has 0 radical (unpaired) electrons. The van der Waals surface area contributed by atoms with Gasteiger partial charge in [-0.05, 0) is 30.5 Å². The number of nitrogens with zero attached hydrogens (tertiary/aromatic N) is 4. The van der Waals surface area contributed by atoms with Crippen LogP contribution in [0.25, 0.3) is 5.65 Å². The molecule has 5 nitrogen and oxygen atoms in total. The summed E-state index contributed by atoms with van der Waals surface area (Å²) < 4.78 is 3.54. The predicted molar refractivity (Wildman–Crippen MR) is 75.2 cm³/mol. The second kappa shape index (κ2) is 4.70. The Kier molecular flexibility index (Phi) is 2.82. The van der Waals surface area contributed by atoms with E-state index in [0.29, 0.717) is 17.6 Å². The molecule has 21 heavy (non-hydrogen) atoms. The van der Waals surface area contributed by atoms with Crippen molar-refractivity contribution < 1.29 is 9.67 Å². The zero-order chi connectivity index (χ0) is 14.4. The van der Waals surface area contributed by atoms with Crippen LogP contribution in [0.2, 0.25) is 5.15 Å². The average Bonchev–Trinajstić information content (AvgIpc) is 3.24. The Labute approximate surface area is 126 Å². The van der Waals surface area contributed by atoms with Gasteiger partial charge in [0, 0.05) is 23.8 Å². The van der Waals surface area contributed by atoms with Crippen LogP contribution in [-0.2, 0) is 6.42 Å². The van der Waals surface area contributed by atoms with E-state index in [2.05, 4.69) is 10.1 Å².